The molecule has 4 heteroatoms. The van der Waals surface area contributed by atoms with E-state index in [2.05, 4.69) is 11.9 Å². The van der Waals surface area contributed by atoms with E-state index >= 15 is 0 Å². The van der Waals surface area contributed by atoms with Crippen LogP contribution in [0.25, 0.3) is 21.4 Å². The summed E-state index contributed by atoms with van der Waals surface area (Å²) in [6, 6.07) is 11.5. The molecule has 3 nitrogen and oxygen atoms in total. The first-order valence-electron chi connectivity index (χ1n) is 6.24. The van der Waals surface area contributed by atoms with Crippen molar-refractivity contribution in [2.45, 2.75) is 0 Å². The van der Waals surface area contributed by atoms with Gasteiger partial charge in [-0.25, -0.2) is 4.79 Å². The Labute approximate surface area is 120 Å². The fourth-order valence-electron chi connectivity index (χ4n) is 2.01. The maximum Gasteiger partial charge on any atom is 0.345 e. The Kier molecular flexibility index (Phi) is 3.39. The fourth-order valence-corrected chi connectivity index (χ4v) is 2.74. The van der Waals surface area contributed by atoms with Gasteiger partial charge in [-0.05, 0) is 29.6 Å². The largest absolute Gasteiger partial charge is 0.422 e. The number of hydrogen-bond donors (Lipinski definition) is 1. The molecule has 100 valence electrons. The van der Waals surface area contributed by atoms with Crippen LogP contribution in [0, 0.1) is 0 Å². The van der Waals surface area contributed by atoms with Crippen LogP contribution in [-0.4, -0.2) is 6.54 Å². The molecule has 0 saturated heterocycles. The minimum Gasteiger partial charge on any atom is -0.422 e. The highest BCUT2D eigenvalue weighted by Crippen LogP contribution is 2.26. The highest BCUT2D eigenvalue weighted by Gasteiger charge is 2.08. The van der Waals surface area contributed by atoms with E-state index in [0.29, 0.717) is 17.7 Å². The van der Waals surface area contributed by atoms with Gasteiger partial charge in [0.2, 0.25) is 0 Å². The number of anilines is 1. The molecule has 3 aromatic rings. The van der Waals surface area contributed by atoms with Gasteiger partial charge in [-0.15, -0.1) is 17.9 Å². The van der Waals surface area contributed by atoms with Gasteiger partial charge in [0.15, 0.2) is 0 Å². The topological polar surface area (TPSA) is 42.2 Å². The van der Waals surface area contributed by atoms with Crippen LogP contribution in [0.4, 0.5) is 5.69 Å². The maximum atomic E-state index is 12.1. The number of rotatable bonds is 4. The second kappa shape index (κ2) is 5.35. The first kappa shape index (κ1) is 12.7. The van der Waals surface area contributed by atoms with E-state index in [1.807, 2.05) is 41.8 Å². The van der Waals surface area contributed by atoms with Crippen molar-refractivity contribution in [1.29, 1.82) is 0 Å². The second-order valence-corrected chi connectivity index (χ2v) is 5.29. The molecule has 2 heterocycles. The van der Waals surface area contributed by atoms with E-state index in [9.17, 15) is 4.79 Å². The van der Waals surface area contributed by atoms with Gasteiger partial charge in [0.05, 0.1) is 5.56 Å². The summed E-state index contributed by atoms with van der Waals surface area (Å²) in [6.45, 7) is 4.33. The van der Waals surface area contributed by atoms with Crippen LogP contribution < -0.4 is 10.9 Å². The molecular formula is C16H13NO2S. The number of nitrogens with one attached hydrogen (secondary N) is 1. The second-order valence-electron chi connectivity index (χ2n) is 4.35. The molecule has 0 bridgehead atoms. The summed E-state index contributed by atoms with van der Waals surface area (Å²) < 4.78 is 5.42. The summed E-state index contributed by atoms with van der Waals surface area (Å²) >= 11 is 1.53. The Balaban J connectivity index is 2.09. The third-order valence-electron chi connectivity index (χ3n) is 2.97. The molecule has 1 aromatic carbocycles. The SMILES string of the molecule is C=CCNc1ccc2cc(-c3cccs3)c(=O)oc2c1. The Morgan fingerprint density at radius 3 is 2.95 bits per heavy atom. The van der Waals surface area contributed by atoms with Crippen LogP contribution in [0.2, 0.25) is 0 Å². The van der Waals surface area contributed by atoms with Crippen molar-refractivity contribution in [3.8, 4) is 10.4 Å². The monoisotopic (exact) mass is 283 g/mol. The van der Waals surface area contributed by atoms with E-state index in [1.165, 1.54) is 11.3 Å². The van der Waals surface area contributed by atoms with Gasteiger partial charge in [0.1, 0.15) is 5.58 Å². The van der Waals surface area contributed by atoms with Gasteiger partial charge in [0, 0.05) is 28.6 Å². The van der Waals surface area contributed by atoms with Gasteiger partial charge in [-0.2, -0.15) is 0 Å². The minimum absolute atomic E-state index is 0.305. The van der Waals surface area contributed by atoms with Crippen LogP contribution >= 0.6 is 11.3 Å². The Morgan fingerprint density at radius 2 is 2.20 bits per heavy atom. The van der Waals surface area contributed by atoms with Crippen LogP contribution in [-0.2, 0) is 0 Å². The molecule has 0 unspecified atom stereocenters. The molecule has 0 fully saturated rings. The lowest BCUT2D eigenvalue weighted by molar-refractivity contribution is 0.564. The van der Waals surface area contributed by atoms with Crippen molar-refractivity contribution in [3.05, 3.63) is 64.9 Å². The molecule has 2 aromatic heterocycles. The molecule has 0 spiro atoms. The average Bonchev–Trinajstić information content (AvgIpc) is 2.98. The van der Waals surface area contributed by atoms with Crippen molar-refractivity contribution in [2.75, 3.05) is 11.9 Å². The van der Waals surface area contributed by atoms with E-state index < -0.39 is 0 Å². The van der Waals surface area contributed by atoms with Crippen molar-refractivity contribution < 1.29 is 4.42 Å². The van der Waals surface area contributed by atoms with E-state index in [-0.39, 0.29) is 5.63 Å². The lowest BCUT2D eigenvalue weighted by Crippen LogP contribution is -2.02. The van der Waals surface area contributed by atoms with Crippen molar-refractivity contribution in [3.63, 3.8) is 0 Å². The molecule has 0 aliphatic heterocycles. The summed E-state index contributed by atoms with van der Waals surface area (Å²) in [6.07, 6.45) is 1.78. The zero-order chi connectivity index (χ0) is 13.9. The minimum atomic E-state index is -0.305. The standard InChI is InChI=1S/C16H13NO2S/c1-2-7-17-12-6-5-11-9-13(15-4-3-8-20-15)16(18)19-14(11)10-12/h2-6,8-10,17H,1,7H2. The highest BCUT2D eigenvalue weighted by molar-refractivity contribution is 7.13. The molecule has 0 atom stereocenters. The number of hydrogen-bond acceptors (Lipinski definition) is 4. The lowest BCUT2D eigenvalue weighted by Gasteiger charge is -2.05. The van der Waals surface area contributed by atoms with Gasteiger partial charge in [0.25, 0.3) is 0 Å². The Morgan fingerprint density at radius 1 is 1.30 bits per heavy atom. The van der Waals surface area contributed by atoms with Crippen LogP contribution in [0.5, 0.6) is 0 Å². The highest BCUT2D eigenvalue weighted by atomic mass is 32.1. The lowest BCUT2D eigenvalue weighted by atomic mass is 10.1. The van der Waals surface area contributed by atoms with E-state index in [4.69, 9.17) is 4.42 Å². The van der Waals surface area contributed by atoms with Crippen LogP contribution in [0.3, 0.4) is 0 Å². The normalized spacial score (nSPS) is 10.6. The first-order valence-corrected chi connectivity index (χ1v) is 7.12. The number of thiophene rings is 1. The summed E-state index contributed by atoms with van der Waals surface area (Å²) in [4.78, 5) is 13.0. The first-order chi connectivity index (χ1) is 9.78. The Hall–Kier alpha value is -2.33. The molecule has 1 N–H and O–H groups in total. The summed E-state index contributed by atoms with van der Waals surface area (Å²) in [5.74, 6) is 0. The molecule has 0 aliphatic carbocycles. The predicted molar refractivity (Wildman–Crippen MR) is 84.5 cm³/mol. The molecule has 0 aliphatic rings. The van der Waals surface area contributed by atoms with Crippen molar-refractivity contribution in [2.24, 2.45) is 0 Å². The zero-order valence-electron chi connectivity index (χ0n) is 10.8. The molecule has 0 amide bonds. The molecule has 3 rings (SSSR count). The summed E-state index contributed by atoms with van der Waals surface area (Å²) in [5, 5.41) is 6.03. The van der Waals surface area contributed by atoms with Gasteiger partial charge < -0.3 is 9.73 Å². The third kappa shape index (κ3) is 2.38. The Bertz CT molecular complexity index is 803. The molecular weight excluding hydrogens is 270 g/mol. The van der Waals surface area contributed by atoms with E-state index in [0.717, 1.165) is 16.0 Å². The van der Waals surface area contributed by atoms with Crippen LogP contribution in [0.15, 0.2) is 63.6 Å². The van der Waals surface area contributed by atoms with Gasteiger partial charge in [-0.3, -0.25) is 0 Å². The molecule has 0 radical (unpaired) electrons. The molecule has 0 saturated carbocycles. The summed E-state index contributed by atoms with van der Waals surface area (Å²) in [5.41, 5.74) is 1.80. The van der Waals surface area contributed by atoms with Crippen molar-refractivity contribution >= 4 is 28.0 Å². The van der Waals surface area contributed by atoms with E-state index in [1.54, 1.807) is 6.08 Å². The quantitative estimate of drug-likeness (QED) is 0.578. The predicted octanol–water partition coefficient (Wildman–Crippen LogP) is 4.12. The van der Waals surface area contributed by atoms with Crippen molar-refractivity contribution in [1.82, 2.24) is 0 Å². The number of benzene rings is 1. The smallest absolute Gasteiger partial charge is 0.345 e. The zero-order valence-corrected chi connectivity index (χ0v) is 11.6. The average molecular weight is 283 g/mol. The summed E-state index contributed by atoms with van der Waals surface area (Å²) in [7, 11) is 0. The van der Waals surface area contributed by atoms with Crippen LogP contribution in [0.1, 0.15) is 0 Å². The van der Waals surface area contributed by atoms with Gasteiger partial charge >= 0.3 is 5.63 Å². The maximum absolute atomic E-state index is 12.1. The molecule has 20 heavy (non-hydrogen) atoms. The third-order valence-corrected chi connectivity index (χ3v) is 3.88. The number of fused-ring (bicyclic) bond motifs is 1. The fraction of sp³-hybridized carbons (Fsp3) is 0.0625. The van der Waals surface area contributed by atoms with Gasteiger partial charge in [-0.1, -0.05) is 12.1 Å².